The molecule has 182 valence electrons. The van der Waals surface area contributed by atoms with Crippen molar-refractivity contribution in [3.8, 4) is 0 Å². The van der Waals surface area contributed by atoms with Gasteiger partial charge in [-0.3, -0.25) is 14.8 Å². The van der Waals surface area contributed by atoms with Gasteiger partial charge in [-0.2, -0.15) is 18.3 Å². The number of allylic oxidation sites excluding steroid dienone is 1. The molecular weight excluding hydrogens is 470 g/mol. The van der Waals surface area contributed by atoms with Crippen LogP contribution in [0.15, 0.2) is 36.7 Å². The number of benzene rings is 1. The van der Waals surface area contributed by atoms with Crippen molar-refractivity contribution in [1.82, 2.24) is 20.1 Å². The Hall–Kier alpha value is -4.29. The van der Waals surface area contributed by atoms with Crippen molar-refractivity contribution in [2.75, 3.05) is 16.8 Å². The number of carbonyl (C=O) groups is 2. The maximum atomic E-state index is 13.5. The third-order valence-electron chi connectivity index (χ3n) is 5.37. The van der Waals surface area contributed by atoms with Gasteiger partial charge >= 0.3 is 12.2 Å². The maximum Gasteiger partial charge on any atom is 0.419 e. The first-order chi connectivity index (χ1) is 16.5. The summed E-state index contributed by atoms with van der Waals surface area (Å²) < 4.78 is 53.9. The number of rotatable bonds is 3. The van der Waals surface area contributed by atoms with Crippen LogP contribution in [-0.2, 0) is 13.2 Å². The smallest absolute Gasteiger partial charge is 0.346 e. The summed E-state index contributed by atoms with van der Waals surface area (Å²) >= 11 is 0. The van der Waals surface area contributed by atoms with E-state index in [0.717, 1.165) is 6.07 Å². The second kappa shape index (κ2) is 8.81. The molecule has 0 radical (unpaired) electrons. The number of pyridine rings is 1. The van der Waals surface area contributed by atoms with Crippen LogP contribution in [0.25, 0.3) is 11.0 Å². The second-order valence-electron chi connectivity index (χ2n) is 7.81. The fourth-order valence-corrected chi connectivity index (χ4v) is 3.78. The molecule has 0 atom stereocenters. The van der Waals surface area contributed by atoms with Gasteiger partial charge in [-0.25, -0.2) is 14.2 Å². The molecule has 2 aromatic heterocycles. The Labute approximate surface area is 195 Å². The fourth-order valence-electron chi connectivity index (χ4n) is 3.78. The van der Waals surface area contributed by atoms with Crippen LogP contribution in [0.1, 0.15) is 28.0 Å². The Morgan fingerprint density at radius 1 is 1.23 bits per heavy atom. The topological polar surface area (TPSA) is 116 Å². The number of fused-ring (bicyclic) bond motifs is 1. The van der Waals surface area contributed by atoms with Crippen LogP contribution < -0.4 is 15.5 Å². The molecule has 0 unspecified atom stereocenters. The van der Waals surface area contributed by atoms with Crippen molar-refractivity contribution in [3.05, 3.63) is 59.3 Å². The van der Waals surface area contributed by atoms with E-state index in [4.69, 9.17) is 5.41 Å². The number of aromatic nitrogens is 3. The minimum Gasteiger partial charge on any atom is -0.346 e. The van der Waals surface area contributed by atoms with Gasteiger partial charge < -0.3 is 15.6 Å². The largest absolute Gasteiger partial charge is 0.419 e. The molecule has 0 spiro atoms. The van der Waals surface area contributed by atoms with Crippen molar-refractivity contribution in [1.29, 1.82) is 5.41 Å². The third kappa shape index (κ3) is 4.69. The van der Waals surface area contributed by atoms with Gasteiger partial charge in [0.25, 0.3) is 5.91 Å². The van der Waals surface area contributed by atoms with E-state index in [0.29, 0.717) is 53.2 Å². The number of aryl methyl sites for hydroxylation is 2. The van der Waals surface area contributed by atoms with E-state index in [2.05, 4.69) is 20.7 Å². The predicted octanol–water partition coefficient (Wildman–Crippen LogP) is 4.14. The Bertz CT molecular complexity index is 1390. The Kier molecular flexibility index (Phi) is 6.01. The zero-order valence-corrected chi connectivity index (χ0v) is 18.5. The lowest BCUT2D eigenvalue weighted by atomic mass is 10.1. The number of urea groups is 1. The lowest BCUT2D eigenvalue weighted by molar-refractivity contribution is -0.139. The molecular formula is C22H19F4N7O2. The van der Waals surface area contributed by atoms with Crippen LogP contribution >= 0.6 is 0 Å². The van der Waals surface area contributed by atoms with Crippen molar-refractivity contribution < 1.29 is 27.2 Å². The van der Waals surface area contributed by atoms with Crippen LogP contribution in [0.4, 0.5) is 33.7 Å². The summed E-state index contributed by atoms with van der Waals surface area (Å²) in [7, 11) is 1.69. The molecule has 0 bridgehead atoms. The SMILES string of the molecule is Cc1nn(C)c2ncc(C(=O)NC(=O)Nc3ccc(F)c(C(F)(F)F)c3)c(N3C=CC(=N)CC3)c12. The highest BCUT2D eigenvalue weighted by atomic mass is 19.4. The number of imide groups is 1. The molecule has 0 aliphatic carbocycles. The minimum atomic E-state index is -4.95. The quantitative estimate of drug-likeness (QED) is 0.479. The highest BCUT2D eigenvalue weighted by Gasteiger charge is 2.34. The number of nitrogens with one attached hydrogen (secondary N) is 3. The zero-order chi connectivity index (χ0) is 25.5. The van der Waals surface area contributed by atoms with Gasteiger partial charge in [0.15, 0.2) is 5.65 Å². The lowest BCUT2D eigenvalue weighted by Gasteiger charge is -2.26. The van der Waals surface area contributed by atoms with Crippen molar-refractivity contribution in [2.24, 2.45) is 7.05 Å². The molecule has 3 aromatic rings. The monoisotopic (exact) mass is 489 g/mol. The van der Waals surface area contributed by atoms with Gasteiger partial charge in [0.2, 0.25) is 0 Å². The molecule has 1 aromatic carbocycles. The summed E-state index contributed by atoms with van der Waals surface area (Å²) in [6.45, 7) is 2.13. The van der Waals surface area contributed by atoms with E-state index in [1.807, 2.05) is 0 Å². The second-order valence-corrected chi connectivity index (χ2v) is 7.81. The van der Waals surface area contributed by atoms with E-state index in [9.17, 15) is 27.2 Å². The van der Waals surface area contributed by atoms with E-state index in [-0.39, 0.29) is 11.3 Å². The molecule has 1 aliphatic rings. The van der Waals surface area contributed by atoms with E-state index >= 15 is 0 Å². The summed E-state index contributed by atoms with van der Waals surface area (Å²) in [5, 5.41) is 16.9. The maximum absolute atomic E-state index is 13.5. The number of amides is 3. The molecule has 4 rings (SSSR count). The van der Waals surface area contributed by atoms with Crippen LogP contribution in [-0.4, -0.2) is 39.0 Å². The molecule has 1 aliphatic heterocycles. The molecule has 3 N–H and O–H groups in total. The average molecular weight is 489 g/mol. The van der Waals surface area contributed by atoms with Gasteiger partial charge in [-0.1, -0.05) is 0 Å². The third-order valence-corrected chi connectivity index (χ3v) is 5.37. The number of hydrogen-bond acceptors (Lipinski definition) is 6. The van der Waals surface area contributed by atoms with Gasteiger partial charge in [0.05, 0.1) is 27.9 Å². The van der Waals surface area contributed by atoms with Gasteiger partial charge in [0.1, 0.15) is 5.82 Å². The average Bonchev–Trinajstić information content (AvgIpc) is 3.07. The number of alkyl halides is 3. The van der Waals surface area contributed by atoms with E-state index in [1.165, 1.54) is 6.20 Å². The molecule has 0 fully saturated rings. The number of nitrogens with zero attached hydrogens (tertiary/aromatic N) is 4. The number of carbonyl (C=O) groups excluding carboxylic acids is 2. The highest BCUT2D eigenvalue weighted by molar-refractivity contribution is 6.14. The summed E-state index contributed by atoms with van der Waals surface area (Å²) in [5.41, 5.74) is 0.0548. The predicted molar refractivity (Wildman–Crippen MR) is 120 cm³/mol. The van der Waals surface area contributed by atoms with E-state index < -0.39 is 29.5 Å². The molecule has 13 heteroatoms. The molecule has 0 saturated carbocycles. The zero-order valence-electron chi connectivity index (χ0n) is 18.5. The van der Waals surface area contributed by atoms with Gasteiger partial charge in [0, 0.05) is 43.8 Å². The first-order valence-corrected chi connectivity index (χ1v) is 10.3. The van der Waals surface area contributed by atoms with Gasteiger partial charge in [-0.05, 0) is 31.2 Å². The Balaban J connectivity index is 1.65. The normalized spacial score (nSPS) is 13.9. The first kappa shape index (κ1) is 23.9. The Morgan fingerprint density at radius 3 is 2.63 bits per heavy atom. The van der Waals surface area contributed by atoms with Crippen molar-refractivity contribution >= 4 is 40.1 Å². The summed E-state index contributed by atoms with van der Waals surface area (Å²) in [6, 6.07) is 0.840. The molecule has 0 saturated heterocycles. The Morgan fingerprint density at radius 2 is 1.97 bits per heavy atom. The number of anilines is 2. The van der Waals surface area contributed by atoms with E-state index in [1.54, 1.807) is 35.8 Å². The standard InChI is InChI=1S/C22H19F4N7O2/c1-11-17-18(33-7-5-12(27)6-8-33)14(10-28-19(17)32(2)31-11)20(34)30-21(35)29-13-3-4-16(23)15(9-13)22(24,25)26/h3-5,7,9-10,27H,6,8H2,1-2H3,(H2,29,30,34,35). The first-order valence-electron chi connectivity index (χ1n) is 10.3. The van der Waals surface area contributed by atoms with Crippen LogP contribution in [0.2, 0.25) is 0 Å². The molecule has 9 nitrogen and oxygen atoms in total. The summed E-state index contributed by atoms with van der Waals surface area (Å²) in [5.74, 6) is -2.35. The molecule has 35 heavy (non-hydrogen) atoms. The number of halogens is 4. The lowest BCUT2D eigenvalue weighted by Crippen LogP contribution is -2.36. The summed E-state index contributed by atoms with van der Waals surface area (Å²) in [6.07, 6.45) is -0.0320. The van der Waals surface area contributed by atoms with Crippen molar-refractivity contribution in [3.63, 3.8) is 0 Å². The van der Waals surface area contributed by atoms with Gasteiger partial charge in [-0.15, -0.1) is 0 Å². The fraction of sp³-hybridized carbons (Fsp3) is 0.227. The summed E-state index contributed by atoms with van der Waals surface area (Å²) in [4.78, 5) is 31.5. The van der Waals surface area contributed by atoms with Crippen molar-refractivity contribution in [2.45, 2.75) is 19.5 Å². The minimum absolute atomic E-state index is 0.0249. The molecule has 3 amide bonds. The number of hydrogen-bond donors (Lipinski definition) is 3. The molecule has 3 heterocycles. The highest BCUT2D eigenvalue weighted by Crippen LogP contribution is 2.34. The van der Waals surface area contributed by atoms with Crippen LogP contribution in [0, 0.1) is 18.2 Å². The van der Waals surface area contributed by atoms with Crippen LogP contribution in [0.3, 0.4) is 0 Å². The van der Waals surface area contributed by atoms with Crippen LogP contribution in [0.5, 0.6) is 0 Å².